The van der Waals surface area contributed by atoms with Gasteiger partial charge in [0.1, 0.15) is 11.5 Å². The molecule has 28 heavy (non-hydrogen) atoms. The topological polar surface area (TPSA) is 32.7 Å². The van der Waals surface area contributed by atoms with Crippen molar-refractivity contribution in [3.8, 4) is 22.6 Å². The zero-order valence-electron chi connectivity index (χ0n) is 16.6. The Kier molecular flexibility index (Phi) is 5.25. The molecule has 3 heteroatoms. The van der Waals surface area contributed by atoms with Crippen molar-refractivity contribution in [2.75, 3.05) is 11.9 Å². The number of benzene rings is 3. The van der Waals surface area contributed by atoms with E-state index >= 15 is 0 Å². The molecule has 1 unspecified atom stereocenters. The van der Waals surface area contributed by atoms with Crippen LogP contribution < -0.4 is 9.64 Å². The minimum atomic E-state index is 0.0994. The second-order valence-electron chi connectivity index (χ2n) is 7.66. The number of aromatic hydroxyl groups is 1. The fraction of sp³-hybridized carbons (Fsp3) is 0.280. The quantitative estimate of drug-likeness (QED) is 0.593. The summed E-state index contributed by atoms with van der Waals surface area (Å²) in [5.74, 6) is 1.01. The highest BCUT2D eigenvalue weighted by Crippen LogP contribution is 2.46. The predicted molar refractivity (Wildman–Crippen MR) is 115 cm³/mol. The molecule has 1 heterocycles. The zero-order chi connectivity index (χ0) is 19.5. The van der Waals surface area contributed by atoms with Crippen LogP contribution in [0.5, 0.6) is 11.5 Å². The van der Waals surface area contributed by atoms with E-state index in [4.69, 9.17) is 4.74 Å². The van der Waals surface area contributed by atoms with Crippen LogP contribution in [0.1, 0.15) is 30.9 Å². The molecule has 0 aliphatic carbocycles. The summed E-state index contributed by atoms with van der Waals surface area (Å²) in [5, 5.41) is 10.7. The standard InChI is InChI=1S/C25H27NO2/c1-18(9-8-12-19-10-4-3-5-11-19)28-21-15-23-25(24(27)16-21)22-14-7-6-13-20(22)17-26(23)2/h3-7,10-11,13-16,18,27H,8-9,12,17H2,1-2H3. The molecule has 1 atom stereocenters. The molecule has 1 N–H and O–H groups in total. The van der Waals surface area contributed by atoms with E-state index in [1.807, 2.05) is 18.2 Å². The van der Waals surface area contributed by atoms with E-state index in [9.17, 15) is 5.11 Å². The molecular weight excluding hydrogens is 346 g/mol. The predicted octanol–water partition coefficient (Wildman–Crippen LogP) is 5.80. The normalized spacial score (nSPS) is 13.6. The fourth-order valence-corrected chi connectivity index (χ4v) is 4.00. The van der Waals surface area contributed by atoms with Crippen LogP contribution in [0.15, 0.2) is 66.7 Å². The van der Waals surface area contributed by atoms with Gasteiger partial charge in [0, 0.05) is 31.3 Å². The monoisotopic (exact) mass is 373 g/mol. The van der Waals surface area contributed by atoms with Gasteiger partial charge in [0.25, 0.3) is 0 Å². The van der Waals surface area contributed by atoms with Gasteiger partial charge >= 0.3 is 0 Å². The summed E-state index contributed by atoms with van der Waals surface area (Å²) in [5.41, 5.74) is 5.62. The van der Waals surface area contributed by atoms with Gasteiger partial charge in [0.15, 0.2) is 0 Å². The highest BCUT2D eigenvalue weighted by Gasteiger charge is 2.23. The van der Waals surface area contributed by atoms with Gasteiger partial charge in [0.05, 0.1) is 11.8 Å². The molecule has 0 saturated carbocycles. The summed E-state index contributed by atoms with van der Waals surface area (Å²) in [6.45, 7) is 2.93. The largest absolute Gasteiger partial charge is 0.507 e. The number of rotatable bonds is 6. The maximum absolute atomic E-state index is 10.7. The average Bonchev–Trinajstić information content (AvgIpc) is 2.69. The van der Waals surface area contributed by atoms with E-state index in [2.05, 4.69) is 61.3 Å². The van der Waals surface area contributed by atoms with Crippen LogP contribution >= 0.6 is 0 Å². The molecule has 4 rings (SSSR count). The Morgan fingerprint density at radius 3 is 2.61 bits per heavy atom. The number of phenols is 1. The number of nitrogens with zero attached hydrogens (tertiary/aromatic N) is 1. The molecule has 0 saturated heterocycles. The lowest BCUT2D eigenvalue weighted by atomic mass is 9.93. The van der Waals surface area contributed by atoms with Gasteiger partial charge in [-0.3, -0.25) is 0 Å². The molecule has 144 valence electrons. The summed E-state index contributed by atoms with van der Waals surface area (Å²) < 4.78 is 6.15. The Balaban J connectivity index is 1.46. The summed E-state index contributed by atoms with van der Waals surface area (Å²) in [6.07, 6.45) is 3.21. The van der Waals surface area contributed by atoms with Crippen LogP contribution in [0.25, 0.3) is 11.1 Å². The highest BCUT2D eigenvalue weighted by atomic mass is 16.5. The molecule has 3 aromatic carbocycles. The van der Waals surface area contributed by atoms with Crippen molar-refractivity contribution in [1.29, 1.82) is 0 Å². The van der Waals surface area contributed by atoms with E-state index in [0.29, 0.717) is 0 Å². The van der Waals surface area contributed by atoms with E-state index in [0.717, 1.165) is 48.4 Å². The SMILES string of the molecule is CC(CCCc1ccccc1)Oc1cc(O)c2c(c1)N(C)Cc1ccccc1-2. The highest BCUT2D eigenvalue weighted by molar-refractivity contribution is 5.88. The van der Waals surface area contributed by atoms with Crippen LogP contribution in [-0.4, -0.2) is 18.3 Å². The van der Waals surface area contributed by atoms with Crippen molar-refractivity contribution in [3.63, 3.8) is 0 Å². The van der Waals surface area contributed by atoms with Crippen molar-refractivity contribution in [1.82, 2.24) is 0 Å². The smallest absolute Gasteiger partial charge is 0.129 e. The zero-order valence-corrected chi connectivity index (χ0v) is 16.6. The molecule has 3 nitrogen and oxygen atoms in total. The van der Waals surface area contributed by atoms with E-state index in [1.54, 1.807) is 6.07 Å². The van der Waals surface area contributed by atoms with Crippen molar-refractivity contribution in [3.05, 3.63) is 77.9 Å². The number of hydrogen-bond donors (Lipinski definition) is 1. The minimum absolute atomic E-state index is 0.0994. The molecular formula is C25H27NO2. The summed E-state index contributed by atoms with van der Waals surface area (Å²) in [7, 11) is 2.06. The molecule has 0 spiro atoms. The third kappa shape index (κ3) is 3.84. The lowest BCUT2D eigenvalue weighted by Gasteiger charge is -2.31. The molecule has 1 aliphatic rings. The first kappa shape index (κ1) is 18.4. The molecule has 0 aromatic heterocycles. The van der Waals surface area contributed by atoms with Crippen LogP contribution in [0.2, 0.25) is 0 Å². The molecule has 0 fully saturated rings. The van der Waals surface area contributed by atoms with Gasteiger partial charge < -0.3 is 14.7 Å². The Labute approximate surface area is 167 Å². The number of ether oxygens (including phenoxy) is 1. The van der Waals surface area contributed by atoms with Gasteiger partial charge in [-0.25, -0.2) is 0 Å². The third-order valence-electron chi connectivity index (χ3n) is 5.43. The van der Waals surface area contributed by atoms with Crippen molar-refractivity contribution < 1.29 is 9.84 Å². The number of anilines is 1. The third-order valence-corrected chi connectivity index (χ3v) is 5.43. The molecule has 0 radical (unpaired) electrons. The second kappa shape index (κ2) is 7.97. The molecule has 0 bridgehead atoms. The molecule has 1 aliphatic heterocycles. The van der Waals surface area contributed by atoms with Crippen LogP contribution in [0.3, 0.4) is 0 Å². The number of hydrogen-bond acceptors (Lipinski definition) is 3. The number of aryl methyl sites for hydroxylation is 1. The maximum Gasteiger partial charge on any atom is 0.129 e. The van der Waals surface area contributed by atoms with Gasteiger partial charge in [-0.1, -0.05) is 54.6 Å². The molecule has 0 amide bonds. The number of phenolic OH excluding ortho intramolecular Hbond substituents is 1. The Bertz CT molecular complexity index is 952. The van der Waals surface area contributed by atoms with Gasteiger partial charge in [-0.05, 0) is 42.9 Å². The van der Waals surface area contributed by atoms with Crippen LogP contribution in [-0.2, 0) is 13.0 Å². The first-order valence-electron chi connectivity index (χ1n) is 9.99. The summed E-state index contributed by atoms with van der Waals surface area (Å²) in [6, 6.07) is 22.6. The van der Waals surface area contributed by atoms with Crippen LogP contribution in [0.4, 0.5) is 5.69 Å². The average molecular weight is 373 g/mol. The van der Waals surface area contributed by atoms with Crippen molar-refractivity contribution in [2.24, 2.45) is 0 Å². The van der Waals surface area contributed by atoms with Crippen molar-refractivity contribution in [2.45, 2.75) is 38.8 Å². The van der Waals surface area contributed by atoms with Crippen molar-refractivity contribution >= 4 is 5.69 Å². The lowest BCUT2D eigenvalue weighted by Crippen LogP contribution is -2.22. The van der Waals surface area contributed by atoms with Crippen LogP contribution in [0, 0.1) is 0 Å². The number of fused-ring (bicyclic) bond motifs is 3. The Hall–Kier alpha value is -2.94. The lowest BCUT2D eigenvalue weighted by molar-refractivity contribution is 0.207. The minimum Gasteiger partial charge on any atom is -0.507 e. The Morgan fingerprint density at radius 2 is 1.79 bits per heavy atom. The van der Waals surface area contributed by atoms with E-state index in [-0.39, 0.29) is 11.9 Å². The maximum atomic E-state index is 10.7. The molecule has 3 aromatic rings. The summed E-state index contributed by atoms with van der Waals surface area (Å²) in [4.78, 5) is 2.17. The van der Waals surface area contributed by atoms with E-state index < -0.39 is 0 Å². The second-order valence-corrected chi connectivity index (χ2v) is 7.66. The summed E-state index contributed by atoms with van der Waals surface area (Å²) >= 11 is 0. The first-order valence-corrected chi connectivity index (χ1v) is 9.99. The van der Waals surface area contributed by atoms with Gasteiger partial charge in [-0.15, -0.1) is 0 Å². The van der Waals surface area contributed by atoms with E-state index in [1.165, 1.54) is 11.1 Å². The fourth-order valence-electron chi connectivity index (χ4n) is 4.00. The first-order chi connectivity index (χ1) is 13.6. The Morgan fingerprint density at radius 1 is 1.04 bits per heavy atom. The van der Waals surface area contributed by atoms with Gasteiger partial charge in [0.2, 0.25) is 0 Å². The van der Waals surface area contributed by atoms with Gasteiger partial charge in [-0.2, -0.15) is 0 Å².